The van der Waals surface area contributed by atoms with Crippen molar-refractivity contribution >= 4 is 11.8 Å². The Bertz CT molecular complexity index is 495. The molecule has 0 aliphatic carbocycles. The predicted octanol–water partition coefficient (Wildman–Crippen LogP) is 1.46. The van der Waals surface area contributed by atoms with Gasteiger partial charge < -0.3 is 10.1 Å². The number of hydrogen-bond acceptors (Lipinski definition) is 4. The van der Waals surface area contributed by atoms with Crippen LogP contribution in [0.25, 0.3) is 0 Å². The smallest absolute Gasteiger partial charge is 0.255 e. The topological polar surface area (TPSA) is 58.6 Å². The number of ether oxygens (including phenoxy) is 1. The van der Waals surface area contributed by atoms with Crippen LogP contribution in [0.1, 0.15) is 36.9 Å². The first kappa shape index (κ1) is 15.7. The fourth-order valence-electron chi connectivity index (χ4n) is 2.38. The molecule has 0 spiro atoms. The van der Waals surface area contributed by atoms with Gasteiger partial charge in [0.05, 0.1) is 6.04 Å². The molecule has 1 fully saturated rings. The molecule has 0 aromatic heterocycles. The number of rotatable bonds is 5. The maximum absolute atomic E-state index is 11.8. The van der Waals surface area contributed by atoms with Gasteiger partial charge in [0.25, 0.3) is 11.8 Å². The van der Waals surface area contributed by atoms with E-state index in [2.05, 4.69) is 31.3 Å². The zero-order chi connectivity index (χ0) is 15.4. The summed E-state index contributed by atoms with van der Waals surface area (Å²) in [4.78, 5) is 24.8. The number of morpholine rings is 1. The molecule has 5 nitrogen and oxygen atoms in total. The monoisotopic (exact) mass is 290 g/mol. The third-order valence-corrected chi connectivity index (χ3v) is 3.77. The Hall–Kier alpha value is -1.72. The lowest BCUT2D eigenvalue weighted by molar-refractivity contribution is -0.158. The Morgan fingerprint density at radius 3 is 2.10 bits per heavy atom. The normalized spacial score (nSPS) is 17.4. The highest BCUT2D eigenvalue weighted by Gasteiger charge is 2.29. The lowest BCUT2D eigenvalue weighted by Crippen LogP contribution is -2.49. The quantitative estimate of drug-likeness (QED) is 0.834. The minimum absolute atomic E-state index is 0.0194. The molecule has 1 saturated heterocycles. The van der Waals surface area contributed by atoms with Crippen molar-refractivity contribution in [2.75, 3.05) is 26.8 Å². The molecule has 1 aliphatic rings. The van der Waals surface area contributed by atoms with Gasteiger partial charge in [-0.15, -0.1) is 0 Å². The van der Waals surface area contributed by atoms with Gasteiger partial charge in [0, 0.05) is 6.54 Å². The molecule has 1 atom stereocenters. The summed E-state index contributed by atoms with van der Waals surface area (Å²) in [6, 6.07) is 8.20. The minimum atomic E-state index is -0.273. The highest BCUT2D eigenvalue weighted by molar-refractivity contribution is 5.98. The van der Waals surface area contributed by atoms with E-state index in [4.69, 9.17) is 4.74 Å². The molecule has 1 heterocycles. The minimum Gasteiger partial charge on any atom is -0.362 e. The van der Waals surface area contributed by atoms with Crippen molar-refractivity contribution in [3.63, 3.8) is 0 Å². The number of carbonyl (C=O) groups excluding carboxylic acids is 2. The first-order valence-electron chi connectivity index (χ1n) is 7.21. The average molecular weight is 290 g/mol. The molecular weight excluding hydrogens is 268 g/mol. The van der Waals surface area contributed by atoms with Gasteiger partial charge in [-0.2, -0.15) is 0 Å². The van der Waals surface area contributed by atoms with Crippen molar-refractivity contribution in [1.82, 2.24) is 10.2 Å². The zero-order valence-corrected chi connectivity index (χ0v) is 12.8. The van der Waals surface area contributed by atoms with Gasteiger partial charge in [-0.3, -0.25) is 14.5 Å². The molecule has 0 saturated carbocycles. The molecule has 1 aliphatic heterocycles. The number of amides is 2. The number of imide groups is 1. The summed E-state index contributed by atoms with van der Waals surface area (Å²) in [5, 5.41) is 3.17. The molecule has 0 radical (unpaired) electrons. The number of hydrogen-bond donors (Lipinski definition) is 1. The van der Waals surface area contributed by atoms with Crippen molar-refractivity contribution in [3.8, 4) is 0 Å². The van der Waals surface area contributed by atoms with Gasteiger partial charge in [-0.25, -0.2) is 0 Å². The Morgan fingerprint density at radius 1 is 1.10 bits per heavy atom. The van der Waals surface area contributed by atoms with Crippen LogP contribution < -0.4 is 5.32 Å². The SMILES string of the molecule is CNC(CN1C(=O)COCC1=O)c1ccc(C(C)C)cc1. The van der Waals surface area contributed by atoms with Gasteiger partial charge in [-0.1, -0.05) is 38.1 Å². The highest BCUT2D eigenvalue weighted by Crippen LogP contribution is 2.20. The molecule has 1 unspecified atom stereocenters. The van der Waals surface area contributed by atoms with E-state index in [1.807, 2.05) is 19.2 Å². The second-order valence-corrected chi connectivity index (χ2v) is 5.55. The number of likely N-dealkylation sites (N-methyl/N-ethyl adjacent to an activating group) is 1. The maximum Gasteiger partial charge on any atom is 0.255 e. The Kier molecular flexibility index (Phi) is 5.09. The van der Waals surface area contributed by atoms with Crippen LogP contribution >= 0.6 is 0 Å². The largest absolute Gasteiger partial charge is 0.362 e. The van der Waals surface area contributed by atoms with Crippen molar-refractivity contribution in [2.24, 2.45) is 0 Å². The maximum atomic E-state index is 11.8. The van der Waals surface area contributed by atoms with Crippen LogP contribution in [0.15, 0.2) is 24.3 Å². The van der Waals surface area contributed by atoms with Gasteiger partial charge in [0.2, 0.25) is 0 Å². The number of carbonyl (C=O) groups is 2. The van der Waals surface area contributed by atoms with E-state index < -0.39 is 0 Å². The fraction of sp³-hybridized carbons (Fsp3) is 0.500. The first-order chi connectivity index (χ1) is 10.0. The van der Waals surface area contributed by atoms with E-state index in [9.17, 15) is 9.59 Å². The zero-order valence-electron chi connectivity index (χ0n) is 12.8. The third-order valence-electron chi connectivity index (χ3n) is 3.77. The van der Waals surface area contributed by atoms with Crippen LogP contribution in [0.4, 0.5) is 0 Å². The number of nitrogens with zero attached hydrogens (tertiary/aromatic N) is 1. The van der Waals surface area contributed by atoms with Crippen LogP contribution in [0, 0.1) is 0 Å². The first-order valence-corrected chi connectivity index (χ1v) is 7.21. The van der Waals surface area contributed by atoms with Crippen LogP contribution in [-0.4, -0.2) is 43.5 Å². The van der Waals surface area contributed by atoms with Crippen molar-refractivity contribution in [3.05, 3.63) is 35.4 Å². The molecule has 5 heteroatoms. The Morgan fingerprint density at radius 2 is 1.62 bits per heavy atom. The summed E-state index contributed by atoms with van der Waals surface area (Å²) in [6.45, 7) is 4.59. The molecule has 2 rings (SSSR count). The second kappa shape index (κ2) is 6.83. The standard InChI is InChI=1S/C16H22N2O3/c1-11(2)12-4-6-13(7-5-12)14(17-3)8-18-15(19)9-21-10-16(18)20/h4-7,11,14,17H,8-10H2,1-3H3. The van der Waals surface area contributed by atoms with Crippen molar-refractivity contribution in [2.45, 2.75) is 25.8 Å². The molecule has 21 heavy (non-hydrogen) atoms. The lowest BCUT2D eigenvalue weighted by Gasteiger charge is -2.29. The van der Waals surface area contributed by atoms with Crippen LogP contribution in [-0.2, 0) is 14.3 Å². The van der Waals surface area contributed by atoms with Crippen molar-refractivity contribution in [1.29, 1.82) is 0 Å². The molecule has 114 valence electrons. The summed E-state index contributed by atoms with van der Waals surface area (Å²) in [5.41, 5.74) is 2.33. The van der Waals surface area contributed by atoms with E-state index in [1.54, 1.807) is 0 Å². The second-order valence-electron chi connectivity index (χ2n) is 5.55. The van der Waals surface area contributed by atoms with E-state index in [0.29, 0.717) is 12.5 Å². The van der Waals surface area contributed by atoms with Crippen LogP contribution in [0.3, 0.4) is 0 Å². The predicted molar refractivity (Wildman–Crippen MR) is 79.9 cm³/mol. The van der Waals surface area contributed by atoms with Gasteiger partial charge in [-0.05, 0) is 24.1 Å². The van der Waals surface area contributed by atoms with E-state index in [1.165, 1.54) is 10.5 Å². The summed E-state index contributed by atoms with van der Waals surface area (Å²) in [5.74, 6) is -0.0647. The Balaban J connectivity index is 2.12. The summed E-state index contributed by atoms with van der Waals surface area (Å²) < 4.78 is 4.93. The third kappa shape index (κ3) is 3.68. The van der Waals surface area contributed by atoms with E-state index in [0.717, 1.165) is 5.56 Å². The van der Waals surface area contributed by atoms with Crippen LogP contribution in [0.2, 0.25) is 0 Å². The molecule has 1 aromatic carbocycles. The van der Waals surface area contributed by atoms with Gasteiger partial charge in [0.15, 0.2) is 0 Å². The fourth-order valence-corrected chi connectivity index (χ4v) is 2.38. The number of nitrogens with one attached hydrogen (secondary N) is 1. The number of benzene rings is 1. The molecular formula is C16H22N2O3. The van der Waals surface area contributed by atoms with Crippen LogP contribution in [0.5, 0.6) is 0 Å². The van der Waals surface area contributed by atoms with E-state index >= 15 is 0 Å². The summed E-state index contributed by atoms with van der Waals surface area (Å²) in [7, 11) is 1.83. The summed E-state index contributed by atoms with van der Waals surface area (Å²) >= 11 is 0. The van der Waals surface area contributed by atoms with Gasteiger partial charge in [0.1, 0.15) is 13.2 Å². The lowest BCUT2D eigenvalue weighted by atomic mass is 9.99. The highest BCUT2D eigenvalue weighted by atomic mass is 16.5. The molecule has 2 amide bonds. The molecule has 1 N–H and O–H groups in total. The molecule has 0 bridgehead atoms. The Labute approximate surface area is 125 Å². The van der Waals surface area contributed by atoms with Gasteiger partial charge >= 0.3 is 0 Å². The molecule has 1 aromatic rings. The average Bonchev–Trinajstić information content (AvgIpc) is 2.47. The summed E-state index contributed by atoms with van der Waals surface area (Å²) in [6.07, 6.45) is 0. The van der Waals surface area contributed by atoms with E-state index in [-0.39, 0.29) is 31.1 Å². The van der Waals surface area contributed by atoms with Crippen molar-refractivity contribution < 1.29 is 14.3 Å².